The van der Waals surface area contributed by atoms with Crippen LogP contribution in [-0.4, -0.2) is 63.8 Å². The molecule has 28 heavy (non-hydrogen) atoms. The minimum absolute atomic E-state index is 0.105. The SMILES string of the molecule is Cc1ccc(S(=O)(=O)N(C[C@H](O)CN2CCNCC2)c2ccc(F)cc2)cc1. The van der Waals surface area contributed by atoms with Crippen LogP contribution in [0.15, 0.2) is 53.4 Å². The van der Waals surface area contributed by atoms with E-state index in [2.05, 4.69) is 10.2 Å². The van der Waals surface area contributed by atoms with Gasteiger partial charge < -0.3 is 10.4 Å². The Bertz CT molecular complexity index is 867. The van der Waals surface area contributed by atoms with Crippen molar-refractivity contribution in [2.24, 2.45) is 0 Å². The van der Waals surface area contributed by atoms with Crippen LogP contribution in [0.4, 0.5) is 10.1 Å². The van der Waals surface area contributed by atoms with E-state index in [1.54, 1.807) is 24.3 Å². The van der Waals surface area contributed by atoms with E-state index in [9.17, 15) is 17.9 Å². The number of aliphatic hydroxyl groups is 1. The van der Waals surface area contributed by atoms with Gasteiger partial charge in [0.2, 0.25) is 0 Å². The lowest BCUT2D eigenvalue weighted by Gasteiger charge is -2.32. The first-order valence-electron chi connectivity index (χ1n) is 9.32. The van der Waals surface area contributed by atoms with Crippen molar-refractivity contribution < 1.29 is 17.9 Å². The molecule has 1 aliphatic heterocycles. The van der Waals surface area contributed by atoms with Crippen molar-refractivity contribution in [3.05, 3.63) is 59.9 Å². The van der Waals surface area contributed by atoms with Crippen LogP contribution >= 0.6 is 0 Å². The maximum Gasteiger partial charge on any atom is 0.264 e. The second-order valence-corrected chi connectivity index (χ2v) is 8.89. The second-order valence-electron chi connectivity index (χ2n) is 7.03. The Morgan fingerprint density at radius 1 is 1.11 bits per heavy atom. The van der Waals surface area contributed by atoms with Crippen LogP contribution in [0.5, 0.6) is 0 Å². The standard InChI is InChI=1S/C20H26FN3O3S/c1-16-2-8-20(9-3-16)28(26,27)24(18-6-4-17(21)5-7-18)15-19(25)14-23-12-10-22-11-13-23/h2-9,19,22,25H,10-15H2,1H3/t19-/m1/s1. The third-order valence-electron chi connectivity index (χ3n) is 4.78. The third kappa shape index (κ3) is 5.08. The highest BCUT2D eigenvalue weighted by atomic mass is 32.2. The molecule has 2 N–H and O–H groups in total. The number of β-amino-alcohol motifs (C(OH)–C–C–N with tert-alkyl or cyclic N) is 1. The molecule has 2 aromatic rings. The molecule has 1 aliphatic rings. The quantitative estimate of drug-likeness (QED) is 0.729. The Morgan fingerprint density at radius 2 is 1.71 bits per heavy atom. The Balaban J connectivity index is 1.86. The van der Waals surface area contributed by atoms with Gasteiger partial charge in [-0.15, -0.1) is 0 Å². The number of piperazine rings is 1. The number of sulfonamides is 1. The summed E-state index contributed by atoms with van der Waals surface area (Å²) in [4.78, 5) is 2.24. The predicted octanol–water partition coefficient (Wildman–Crippen LogP) is 1.60. The summed E-state index contributed by atoms with van der Waals surface area (Å²) in [6.07, 6.45) is -0.872. The predicted molar refractivity (Wildman–Crippen MR) is 107 cm³/mol. The maximum absolute atomic E-state index is 13.4. The highest BCUT2D eigenvalue weighted by Crippen LogP contribution is 2.25. The molecule has 1 fully saturated rings. The first-order chi connectivity index (χ1) is 13.4. The molecule has 0 unspecified atom stereocenters. The summed E-state index contributed by atoms with van der Waals surface area (Å²) in [6, 6.07) is 11.8. The van der Waals surface area contributed by atoms with Gasteiger partial charge in [-0.1, -0.05) is 17.7 Å². The fourth-order valence-corrected chi connectivity index (χ4v) is 4.73. The highest BCUT2D eigenvalue weighted by molar-refractivity contribution is 7.92. The number of benzene rings is 2. The number of hydrogen-bond donors (Lipinski definition) is 2. The van der Waals surface area contributed by atoms with Crippen LogP contribution in [-0.2, 0) is 10.0 Å². The Morgan fingerprint density at radius 3 is 2.32 bits per heavy atom. The third-order valence-corrected chi connectivity index (χ3v) is 6.59. The molecule has 0 aromatic heterocycles. The molecule has 8 heteroatoms. The maximum atomic E-state index is 13.4. The Labute approximate surface area is 165 Å². The van der Waals surface area contributed by atoms with Gasteiger partial charge >= 0.3 is 0 Å². The lowest BCUT2D eigenvalue weighted by molar-refractivity contribution is 0.111. The number of halogens is 1. The number of anilines is 1. The van der Waals surface area contributed by atoms with Crippen LogP contribution in [0.1, 0.15) is 5.56 Å². The molecule has 0 spiro atoms. The van der Waals surface area contributed by atoms with E-state index in [-0.39, 0.29) is 11.4 Å². The summed E-state index contributed by atoms with van der Waals surface area (Å²) in [5, 5.41) is 13.8. The smallest absolute Gasteiger partial charge is 0.264 e. The van der Waals surface area contributed by atoms with Gasteiger partial charge in [0.05, 0.1) is 23.2 Å². The van der Waals surface area contributed by atoms with Gasteiger partial charge in [-0.2, -0.15) is 0 Å². The largest absolute Gasteiger partial charge is 0.390 e. The molecule has 3 rings (SSSR count). The van der Waals surface area contributed by atoms with Crippen molar-refractivity contribution in [1.82, 2.24) is 10.2 Å². The molecule has 0 amide bonds. The number of nitrogens with zero attached hydrogens (tertiary/aromatic N) is 2. The molecule has 2 aromatic carbocycles. The number of rotatable bonds is 7. The van der Waals surface area contributed by atoms with Crippen molar-refractivity contribution in [3.63, 3.8) is 0 Å². The van der Waals surface area contributed by atoms with Crippen molar-refractivity contribution in [2.45, 2.75) is 17.9 Å². The molecule has 0 saturated carbocycles. The normalized spacial score (nSPS) is 16.7. The van der Waals surface area contributed by atoms with E-state index < -0.39 is 21.9 Å². The Kier molecular flexibility index (Phi) is 6.66. The zero-order valence-corrected chi connectivity index (χ0v) is 16.7. The van der Waals surface area contributed by atoms with E-state index in [0.717, 1.165) is 36.0 Å². The lowest BCUT2D eigenvalue weighted by Crippen LogP contribution is -2.49. The van der Waals surface area contributed by atoms with E-state index in [0.29, 0.717) is 12.2 Å². The molecule has 0 radical (unpaired) electrons. The van der Waals surface area contributed by atoms with Crippen LogP contribution < -0.4 is 9.62 Å². The Hall–Kier alpha value is -2.00. The minimum atomic E-state index is -3.90. The van der Waals surface area contributed by atoms with Crippen LogP contribution in [0, 0.1) is 12.7 Å². The molecule has 0 aliphatic carbocycles. The fraction of sp³-hybridized carbons (Fsp3) is 0.400. The number of aryl methyl sites for hydroxylation is 1. The number of hydrogen-bond acceptors (Lipinski definition) is 5. The first-order valence-corrected chi connectivity index (χ1v) is 10.8. The van der Waals surface area contributed by atoms with Gasteiger partial charge in [-0.05, 0) is 43.3 Å². The van der Waals surface area contributed by atoms with Crippen LogP contribution in [0.25, 0.3) is 0 Å². The lowest BCUT2D eigenvalue weighted by atomic mass is 10.2. The zero-order valence-electron chi connectivity index (χ0n) is 15.9. The molecular weight excluding hydrogens is 381 g/mol. The summed E-state index contributed by atoms with van der Waals surface area (Å²) in [5.74, 6) is -0.446. The van der Waals surface area contributed by atoms with E-state index >= 15 is 0 Å². The van der Waals surface area contributed by atoms with Crippen molar-refractivity contribution in [2.75, 3.05) is 43.6 Å². The van der Waals surface area contributed by atoms with Crippen LogP contribution in [0.3, 0.4) is 0 Å². The van der Waals surface area contributed by atoms with Gasteiger partial charge in [-0.3, -0.25) is 9.21 Å². The average Bonchev–Trinajstić information content (AvgIpc) is 2.68. The second kappa shape index (κ2) is 9.00. The van der Waals surface area contributed by atoms with Gasteiger partial charge in [0, 0.05) is 32.7 Å². The van der Waals surface area contributed by atoms with Crippen LogP contribution in [0.2, 0.25) is 0 Å². The molecule has 1 saturated heterocycles. The summed E-state index contributed by atoms with van der Waals surface area (Å²) in [5.41, 5.74) is 1.27. The highest BCUT2D eigenvalue weighted by Gasteiger charge is 2.28. The summed E-state index contributed by atoms with van der Waals surface area (Å²) in [7, 11) is -3.90. The average molecular weight is 408 g/mol. The fourth-order valence-electron chi connectivity index (χ4n) is 3.23. The first kappa shape index (κ1) is 20.7. The van der Waals surface area contributed by atoms with Crippen molar-refractivity contribution in [3.8, 4) is 0 Å². The number of nitrogens with one attached hydrogen (secondary N) is 1. The molecular formula is C20H26FN3O3S. The zero-order chi connectivity index (χ0) is 20.1. The molecule has 6 nitrogen and oxygen atoms in total. The molecule has 152 valence electrons. The van der Waals surface area contributed by atoms with E-state index in [1.807, 2.05) is 6.92 Å². The molecule has 0 bridgehead atoms. The van der Waals surface area contributed by atoms with Crippen molar-refractivity contribution >= 4 is 15.7 Å². The summed E-state index contributed by atoms with van der Waals surface area (Å²) in [6.45, 7) is 5.45. The molecule has 1 atom stereocenters. The van der Waals surface area contributed by atoms with Gasteiger partial charge in [-0.25, -0.2) is 12.8 Å². The summed E-state index contributed by atoms with van der Waals surface area (Å²) >= 11 is 0. The monoisotopic (exact) mass is 407 g/mol. The van der Waals surface area contributed by atoms with Gasteiger partial charge in [0.15, 0.2) is 0 Å². The number of aliphatic hydroxyl groups excluding tert-OH is 1. The molecule has 1 heterocycles. The summed E-state index contributed by atoms with van der Waals surface area (Å²) < 4.78 is 41.0. The van der Waals surface area contributed by atoms with E-state index in [4.69, 9.17) is 0 Å². The minimum Gasteiger partial charge on any atom is -0.390 e. The van der Waals surface area contributed by atoms with Crippen molar-refractivity contribution in [1.29, 1.82) is 0 Å². The topological polar surface area (TPSA) is 72.9 Å². The van der Waals surface area contributed by atoms with Gasteiger partial charge in [0.1, 0.15) is 5.82 Å². The van der Waals surface area contributed by atoms with E-state index in [1.165, 1.54) is 24.3 Å². The van der Waals surface area contributed by atoms with Gasteiger partial charge in [0.25, 0.3) is 10.0 Å².